The highest BCUT2D eigenvalue weighted by Gasteiger charge is 2.01. The van der Waals surface area contributed by atoms with Crippen molar-refractivity contribution < 1.29 is 4.74 Å². The van der Waals surface area contributed by atoms with Crippen LogP contribution in [0.5, 0.6) is 5.75 Å². The molecule has 0 atom stereocenters. The summed E-state index contributed by atoms with van der Waals surface area (Å²) >= 11 is 0. The number of benzene rings is 2. The average Bonchev–Trinajstić information content (AvgIpc) is 2.62. The molecule has 0 bridgehead atoms. The van der Waals surface area contributed by atoms with Gasteiger partial charge in [0.15, 0.2) is 5.82 Å². The predicted molar refractivity (Wildman–Crippen MR) is 110 cm³/mol. The van der Waals surface area contributed by atoms with Crippen LogP contribution < -0.4 is 21.5 Å². The van der Waals surface area contributed by atoms with E-state index in [1.165, 1.54) is 0 Å². The van der Waals surface area contributed by atoms with E-state index in [4.69, 9.17) is 16.2 Å². The van der Waals surface area contributed by atoms with Crippen molar-refractivity contribution >= 4 is 34.3 Å². The Morgan fingerprint density at radius 2 is 1.74 bits per heavy atom. The van der Waals surface area contributed by atoms with Crippen molar-refractivity contribution in [1.82, 2.24) is 4.98 Å². The zero-order valence-electron chi connectivity index (χ0n) is 15.3. The third-order valence-electron chi connectivity index (χ3n) is 3.55. The van der Waals surface area contributed by atoms with E-state index in [1.54, 1.807) is 6.07 Å². The summed E-state index contributed by atoms with van der Waals surface area (Å²) in [6.07, 6.45) is 0.121. The fraction of sp³-hybridized carbons (Fsp3) is 0.150. The molecule has 0 saturated carbocycles. The van der Waals surface area contributed by atoms with Crippen LogP contribution in [0.15, 0.2) is 70.6 Å². The monoisotopic (exact) mass is 362 g/mol. The number of aliphatic imine (C=N–C) groups is 2. The SMILES string of the molecule is CC(C)Oc1ccc(NC(N)=NC(N)=Nc2ccc3ccccc3n2)cc1. The van der Waals surface area contributed by atoms with Crippen molar-refractivity contribution in [3.05, 3.63) is 60.7 Å². The van der Waals surface area contributed by atoms with Gasteiger partial charge in [-0.25, -0.2) is 4.98 Å². The molecule has 0 aliphatic rings. The van der Waals surface area contributed by atoms with Gasteiger partial charge >= 0.3 is 0 Å². The molecule has 3 rings (SSSR count). The number of nitrogens with two attached hydrogens (primary N) is 2. The molecular formula is C20H22N6O. The number of para-hydroxylation sites is 1. The smallest absolute Gasteiger partial charge is 0.225 e. The lowest BCUT2D eigenvalue weighted by Gasteiger charge is -2.10. The molecule has 27 heavy (non-hydrogen) atoms. The number of guanidine groups is 2. The third-order valence-corrected chi connectivity index (χ3v) is 3.55. The first-order valence-electron chi connectivity index (χ1n) is 8.57. The molecule has 0 spiro atoms. The van der Waals surface area contributed by atoms with Crippen LogP contribution >= 0.6 is 0 Å². The first kappa shape index (κ1) is 18.2. The second-order valence-electron chi connectivity index (χ2n) is 6.15. The lowest BCUT2D eigenvalue weighted by atomic mass is 10.2. The molecule has 0 unspecified atom stereocenters. The van der Waals surface area contributed by atoms with E-state index >= 15 is 0 Å². The predicted octanol–water partition coefficient (Wildman–Crippen LogP) is 3.40. The summed E-state index contributed by atoms with van der Waals surface area (Å²) in [5, 5.41) is 3.99. The zero-order valence-corrected chi connectivity index (χ0v) is 15.3. The molecule has 7 heteroatoms. The number of hydrogen-bond donors (Lipinski definition) is 3. The maximum Gasteiger partial charge on any atom is 0.225 e. The van der Waals surface area contributed by atoms with Crippen molar-refractivity contribution in [3.8, 4) is 5.75 Å². The Labute approximate surface area is 157 Å². The molecule has 0 amide bonds. The number of anilines is 1. The second kappa shape index (κ2) is 8.18. The number of aromatic nitrogens is 1. The van der Waals surface area contributed by atoms with Crippen LogP contribution in [-0.2, 0) is 0 Å². The van der Waals surface area contributed by atoms with Crippen LogP contribution in [0.1, 0.15) is 13.8 Å². The van der Waals surface area contributed by atoms with Crippen LogP contribution in [0.3, 0.4) is 0 Å². The molecule has 3 aromatic rings. The van der Waals surface area contributed by atoms with Gasteiger partial charge in [-0.15, -0.1) is 0 Å². The summed E-state index contributed by atoms with van der Waals surface area (Å²) in [6, 6.07) is 18.9. The number of ether oxygens (including phenoxy) is 1. The van der Waals surface area contributed by atoms with Gasteiger partial charge in [0.25, 0.3) is 0 Å². The number of nitrogens with one attached hydrogen (secondary N) is 1. The molecule has 1 heterocycles. The highest BCUT2D eigenvalue weighted by Crippen LogP contribution is 2.17. The number of nitrogens with zero attached hydrogens (tertiary/aromatic N) is 3. The Morgan fingerprint density at radius 3 is 2.48 bits per heavy atom. The van der Waals surface area contributed by atoms with Crippen molar-refractivity contribution in [2.45, 2.75) is 20.0 Å². The zero-order chi connectivity index (χ0) is 19.2. The maximum atomic E-state index is 5.90. The largest absolute Gasteiger partial charge is 0.491 e. The maximum absolute atomic E-state index is 5.90. The van der Waals surface area contributed by atoms with Gasteiger partial charge in [0, 0.05) is 11.1 Å². The Morgan fingerprint density at radius 1 is 1.00 bits per heavy atom. The summed E-state index contributed by atoms with van der Waals surface area (Å²) in [5.41, 5.74) is 13.4. The lowest BCUT2D eigenvalue weighted by Crippen LogP contribution is -2.26. The van der Waals surface area contributed by atoms with Gasteiger partial charge in [0.05, 0.1) is 11.6 Å². The molecule has 0 radical (unpaired) electrons. The molecule has 0 saturated heterocycles. The van der Waals surface area contributed by atoms with E-state index in [0.717, 1.165) is 22.3 Å². The van der Waals surface area contributed by atoms with E-state index < -0.39 is 0 Å². The van der Waals surface area contributed by atoms with Gasteiger partial charge in [-0.1, -0.05) is 18.2 Å². The molecule has 0 aliphatic heterocycles. The van der Waals surface area contributed by atoms with E-state index in [2.05, 4.69) is 20.3 Å². The highest BCUT2D eigenvalue weighted by atomic mass is 16.5. The topological polar surface area (TPSA) is 111 Å². The van der Waals surface area contributed by atoms with E-state index in [0.29, 0.717) is 5.82 Å². The molecule has 2 aromatic carbocycles. The molecule has 1 aromatic heterocycles. The van der Waals surface area contributed by atoms with E-state index in [-0.39, 0.29) is 18.0 Å². The summed E-state index contributed by atoms with van der Waals surface area (Å²) in [7, 11) is 0. The van der Waals surface area contributed by atoms with Crippen LogP contribution in [0.25, 0.3) is 10.9 Å². The summed E-state index contributed by atoms with van der Waals surface area (Å²) in [4.78, 5) is 12.7. The fourth-order valence-electron chi connectivity index (χ4n) is 2.45. The third kappa shape index (κ3) is 5.18. The Kier molecular flexibility index (Phi) is 5.51. The van der Waals surface area contributed by atoms with Crippen molar-refractivity contribution in [3.63, 3.8) is 0 Å². The highest BCUT2D eigenvalue weighted by molar-refractivity contribution is 6.01. The number of pyridine rings is 1. The summed E-state index contributed by atoms with van der Waals surface area (Å²) < 4.78 is 5.60. The molecular weight excluding hydrogens is 340 g/mol. The molecule has 0 aliphatic carbocycles. The Balaban J connectivity index is 1.69. The summed E-state index contributed by atoms with van der Waals surface area (Å²) in [6.45, 7) is 3.95. The number of rotatable bonds is 4. The van der Waals surface area contributed by atoms with E-state index in [9.17, 15) is 0 Å². The van der Waals surface area contributed by atoms with Crippen LogP contribution in [0.4, 0.5) is 11.5 Å². The first-order valence-corrected chi connectivity index (χ1v) is 8.57. The summed E-state index contributed by atoms with van der Waals surface area (Å²) in [5.74, 6) is 1.41. The number of hydrogen-bond acceptors (Lipinski definition) is 3. The molecule has 5 N–H and O–H groups in total. The lowest BCUT2D eigenvalue weighted by molar-refractivity contribution is 0.242. The van der Waals surface area contributed by atoms with Gasteiger partial charge in [0.2, 0.25) is 11.9 Å². The van der Waals surface area contributed by atoms with Gasteiger partial charge in [-0.2, -0.15) is 9.98 Å². The van der Waals surface area contributed by atoms with Crippen LogP contribution in [-0.4, -0.2) is 23.0 Å². The van der Waals surface area contributed by atoms with Gasteiger partial charge < -0.3 is 21.5 Å². The minimum atomic E-state index is 0.0162. The molecule has 138 valence electrons. The molecule has 0 fully saturated rings. The van der Waals surface area contributed by atoms with Gasteiger partial charge in [-0.05, 0) is 56.3 Å². The minimum absolute atomic E-state index is 0.0162. The molecule has 7 nitrogen and oxygen atoms in total. The van der Waals surface area contributed by atoms with Gasteiger partial charge in [-0.3, -0.25) is 0 Å². The number of fused-ring (bicyclic) bond motifs is 1. The first-order chi connectivity index (χ1) is 13.0. The van der Waals surface area contributed by atoms with Crippen molar-refractivity contribution in [2.24, 2.45) is 21.5 Å². The van der Waals surface area contributed by atoms with Crippen LogP contribution in [0.2, 0.25) is 0 Å². The van der Waals surface area contributed by atoms with Crippen molar-refractivity contribution in [2.75, 3.05) is 5.32 Å². The second-order valence-corrected chi connectivity index (χ2v) is 6.15. The average molecular weight is 362 g/mol. The van der Waals surface area contributed by atoms with Crippen molar-refractivity contribution in [1.29, 1.82) is 0 Å². The van der Waals surface area contributed by atoms with Crippen LogP contribution in [0, 0.1) is 0 Å². The van der Waals surface area contributed by atoms with Gasteiger partial charge in [0.1, 0.15) is 5.75 Å². The van der Waals surface area contributed by atoms with E-state index in [1.807, 2.05) is 68.4 Å². The Hall–Kier alpha value is -3.61. The standard InChI is InChI=1S/C20H22N6O/c1-13(2)27-16-10-8-15(9-11-16)23-19(21)26-20(22)25-18-12-7-14-5-3-4-6-17(14)24-18/h3-13H,1-2H3,(H5,21,22,23,24,25,26). The fourth-order valence-corrected chi connectivity index (χ4v) is 2.45. The quantitative estimate of drug-likeness (QED) is 0.486. The minimum Gasteiger partial charge on any atom is -0.491 e. The normalized spacial score (nSPS) is 12.4. The Bertz CT molecular complexity index is 979.